The Morgan fingerprint density at radius 3 is 2.35 bits per heavy atom. The lowest BCUT2D eigenvalue weighted by Crippen LogP contribution is -2.57. The third kappa shape index (κ3) is 6.38. The van der Waals surface area contributed by atoms with E-state index in [1.54, 1.807) is 16.8 Å². The molecule has 0 spiro atoms. The van der Waals surface area contributed by atoms with E-state index in [0.29, 0.717) is 13.1 Å². The Labute approximate surface area is 156 Å². The first-order valence-electron chi connectivity index (χ1n) is 9.05. The fraction of sp³-hybridized carbons (Fsp3) is 0.833. The number of hydrogen-bond acceptors (Lipinski definition) is 5. The SMILES string of the molecule is COC(=O)N[C@H](C(=O)N1CCCC(N(C)C(=O)OC(C)(C)C)C1)C(C)C. The van der Waals surface area contributed by atoms with E-state index in [9.17, 15) is 14.4 Å². The lowest BCUT2D eigenvalue weighted by molar-refractivity contribution is -0.136. The van der Waals surface area contributed by atoms with E-state index in [4.69, 9.17) is 4.74 Å². The summed E-state index contributed by atoms with van der Waals surface area (Å²) in [7, 11) is 2.96. The second-order valence-corrected chi connectivity index (χ2v) is 8.03. The molecule has 1 aliphatic heterocycles. The minimum Gasteiger partial charge on any atom is -0.453 e. The van der Waals surface area contributed by atoms with Crippen molar-refractivity contribution < 1.29 is 23.9 Å². The molecule has 0 aromatic rings. The van der Waals surface area contributed by atoms with Gasteiger partial charge in [-0.3, -0.25) is 4.79 Å². The monoisotopic (exact) mass is 371 g/mol. The van der Waals surface area contributed by atoms with E-state index in [2.05, 4.69) is 10.1 Å². The van der Waals surface area contributed by atoms with E-state index >= 15 is 0 Å². The zero-order valence-corrected chi connectivity index (χ0v) is 17.0. The number of piperidine rings is 1. The predicted molar refractivity (Wildman–Crippen MR) is 97.8 cm³/mol. The van der Waals surface area contributed by atoms with Gasteiger partial charge in [-0.05, 0) is 39.5 Å². The van der Waals surface area contributed by atoms with Crippen LogP contribution in [0.3, 0.4) is 0 Å². The van der Waals surface area contributed by atoms with Gasteiger partial charge in [-0.25, -0.2) is 9.59 Å². The van der Waals surface area contributed by atoms with Gasteiger partial charge in [0.2, 0.25) is 5.91 Å². The Morgan fingerprint density at radius 1 is 1.23 bits per heavy atom. The average molecular weight is 371 g/mol. The van der Waals surface area contributed by atoms with Crippen LogP contribution in [0.15, 0.2) is 0 Å². The summed E-state index contributed by atoms with van der Waals surface area (Å²) < 4.78 is 10.0. The van der Waals surface area contributed by atoms with Crippen LogP contribution in [0, 0.1) is 5.92 Å². The smallest absolute Gasteiger partial charge is 0.410 e. The van der Waals surface area contributed by atoms with Crippen molar-refractivity contribution in [2.24, 2.45) is 5.92 Å². The molecule has 0 saturated carbocycles. The van der Waals surface area contributed by atoms with E-state index in [1.807, 2.05) is 34.6 Å². The number of amides is 3. The number of nitrogens with zero attached hydrogens (tertiary/aromatic N) is 2. The summed E-state index contributed by atoms with van der Waals surface area (Å²) >= 11 is 0. The molecule has 8 nitrogen and oxygen atoms in total. The van der Waals surface area contributed by atoms with Crippen LogP contribution in [0.2, 0.25) is 0 Å². The zero-order chi connectivity index (χ0) is 20.1. The largest absolute Gasteiger partial charge is 0.453 e. The maximum atomic E-state index is 12.9. The number of rotatable bonds is 4. The van der Waals surface area contributed by atoms with Gasteiger partial charge in [0.05, 0.1) is 13.2 Å². The molecule has 0 bridgehead atoms. The van der Waals surface area contributed by atoms with Gasteiger partial charge < -0.3 is 24.6 Å². The lowest BCUT2D eigenvalue weighted by atomic mass is 9.99. The number of nitrogens with one attached hydrogen (secondary N) is 1. The molecule has 0 aromatic heterocycles. The quantitative estimate of drug-likeness (QED) is 0.819. The highest BCUT2D eigenvalue weighted by molar-refractivity contribution is 5.86. The molecule has 1 fully saturated rings. The van der Waals surface area contributed by atoms with Gasteiger partial charge in [0.15, 0.2) is 0 Å². The van der Waals surface area contributed by atoms with Crippen LogP contribution in [0.25, 0.3) is 0 Å². The summed E-state index contributed by atoms with van der Waals surface area (Å²) in [5, 5.41) is 2.60. The molecule has 0 radical (unpaired) electrons. The van der Waals surface area contributed by atoms with Crippen molar-refractivity contribution >= 4 is 18.1 Å². The summed E-state index contributed by atoms with van der Waals surface area (Å²) in [5.74, 6) is -0.238. The molecule has 8 heteroatoms. The molecular weight excluding hydrogens is 338 g/mol. The second kappa shape index (κ2) is 9.09. The molecule has 1 saturated heterocycles. The number of carbonyl (C=O) groups is 3. The van der Waals surface area contributed by atoms with Gasteiger partial charge in [-0.15, -0.1) is 0 Å². The highest BCUT2D eigenvalue weighted by Crippen LogP contribution is 2.19. The highest BCUT2D eigenvalue weighted by Gasteiger charge is 2.35. The molecule has 1 heterocycles. The summed E-state index contributed by atoms with van der Waals surface area (Å²) in [6.45, 7) is 10.2. The van der Waals surface area contributed by atoms with Crippen LogP contribution >= 0.6 is 0 Å². The third-order valence-corrected chi connectivity index (χ3v) is 4.33. The van der Waals surface area contributed by atoms with Gasteiger partial charge >= 0.3 is 12.2 Å². The van der Waals surface area contributed by atoms with Crippen molar-refractivity contribution in [3.8, 4) is 0 Å². The molecule has 0 aromatic carbocycles. The molecular formula is C18H33N3O5. The van der Waals surface area contributed by atoms with Crippen LogP contribution in [0.5, 0.6) is 0 Å². The summed E-state index contributed by atoms with van der Waals surface area (Å²) in [5.41, 5.74) is -0.567. The van der Waals surface area contributed by atoms with E-state index in [1.165, 1.54) is 7.11 Å². The van der Waals surface area contributed by atoms with Crippen LogP contribution in [0.4, 0.5) is 9.59 Å². The molecule has 1 aliphatic rings. The van der Waals surface area contributed by atoms with E-state index in [-0.39, 0.29) is 17.9 Å². The van der Waals surface area contributed by atoms with Crippen molar-refractivity contribution in [3.63, 3.8) is 0 Å². The van der Waals surface area contributed by atoms with Crippen molar-refractivity contribution in [1.82, 2.24) is 15.1 Å². The molecule has 1 N–H and O–H groups in total. The number of alkyl carbamates (subject to hydrolysis) is 1. The average Bonchev–Trinajstić information content (AvgIpc) is 2.56. The number of hydrogen-bond donors (Lipinski definition) is 1. The normalized spacial score (nSPS) is 18.9. The topological polar surface area (TPSA) is 88.2 Å². The van der Waals surface area contributed by atoms with Gasteiger partial charge in [0.1, 0.15) is 11.6 Å². The molecule has 2 atom stereocenters. The summed E-state index contributed by atoms with van der Waals surface area (Å²) in [6.07, 6.45) is 0.560. The van der Waals surface area contributed by atoms with Crippen LogP contribution < -0.4 is 5.32 Å². The Kier molecular flexibility index (Phi) is 7.71. The van der Waals surface area contributed by atoms with E-state index in [0.717, 1.165) is 12.8 Å². The Balaban J connectivity index is 2.78. The molecule has 1 rings (SSSR count). The molecule has 1 unspecified atom stereocenters. The number of ether oxygens (including phenoxy) is 2. The lowest BCUT2D eigenvalue weighted by Gasteiger charge is -2.39. The van der Waals surface area contributed by atoms with Crippen molar-refractivity contribution in [1.29, 1.82) is 0 Å². The summed E-state index contributed by atoms with van der Waals surface area (Å²) in [4.78, 5) is 40.0. The second-order valence-electron chi connectivity index (χ2n) is 8.03. The van der Waals surface area contributed by atoms with Crippen LogP contribution in [-0.4, -0.2) is 72.8 Å². The number of likely N-dealkylation sites (N-methyl/N-ethyl adjacent to an activating group) is 1. The number of carbonyl (C=O) groups excluding carboxylic acids is 3. The van der Waals surface area contributed by atoms with Crippen LogP contribution in [-0.2, 0) is 14.3 Å². The minimum absolute atomic E-state index is 0.0782. The third-order valence-electron chi connectivity index (χ3n) is 4.33. The minimum atomic E-state index is -0.659. The first-order chi connectivity index (χ1) is 12.0. The van der Waals surface area contributed by atoms with Crippen molar-refractivity contribution in [3.05, 3.63) is 0 Å². The Morgan fingerprint density at radius 2 is 1.85 bits per heavy atom. The Bertz CT molecular complexity index is 515. The maximum Gasteiger partial charge on any atom is 0.410 e. The number of likely N-dealkylation sites (tertiary alicyclic amines) is 1. The van der Waals surface area contributed by atoms with Gasteiger partial charge in [0.25, 0.3) is 0 Å². The fourth-order valence-electron chi connectivity index (χ4n) is 2.85. The Hall–Kier alpha value is -1.99. The molecule has 3 amide bonds. The molecule has 0 aliphatic carbocycles. The van der Waals surface area contributed by atoms with Crippen LogP contribution in [0.1, 0.15) is 47.5 Å². The first-order valence-corrected chi connectivity index (χ1v) is 9.05. The van der Waals surface area contributed by atoms with Gasteiger partial charge in [-0.2, -0.15) is 0 Å². The fourth-order valence-corrected chi connectivity index (χ4v) is 2.85. The number of methoxy groups -OCH3 is 1. The standard InChI is InChI=1S/C18H33N3O5/c1-12(2)14(19-16(23)25-7)15(22)21-10-8-9-13(11-21)20(6)17(24)26-18(3,4)5/h12-14H,8-11H2,1-7H3,(H,19,23)/t13?,14-/m0/s1. The molecule has 26 heavy (non-hydrogen) atoms. The van der Waals surface area contributed by atoms with E-state index < -0.39 is 23.8 Å². The first kappa shape index (κ1) is 22.1. The van der Waals surface area contributed by atoms with Gasteiger partial charge in [0, 0.05) is 20.1 Å². The zero-order valence-electron chi connectivity index (χ0n) is 17.0. The van der Waals surface area contributed by atoms with Crippen molar-refractivity contribution in [2.45, 2.75) is 65.1 Å². The maximum absolute atomic E-state index is 12.9. The summed E-state index contributed by atoms with van der Waals surface area (Å²) in [6, 6.07) is -0.776. The molecule has 150 valence electrons. The van der Waals surface area contributed by atoms with Gasteiger partial charge in [-0.1, -0.05) is 13.8 Å². The highest BCUT2D eigenvalue weighted by atomic mass is 16.6. The van der Waals surface area contributed by atoms with Crippen molar-refractivity contribution in [2.75, 3.05) is 27.2 Å². The predicted octanol–water partition coefficient (Wildman–Crippen LogP) is 2.22.